The Hall–Kier alpha value is -2.95. The van der Waals surface area contributed by atoms with Crippen molar-refractivity contribution < 1.29 is 14.0 Å². The summed E-state index contributed by atoms with van der Waals surface area (Å²) in [6.07, 6.45) is 7.39. The van der Waals surface area contributed by atoms with Crippen LogP contribution in [0.25, 0.3) is 0 Å². The Morgan fingerprint density at radius 2 is 1.82 bits per heavy atom. The third-order valence-corrected chi connectivity index (χ3v) is 5.42. The number of carbonyl (C=O) groups excluding carboxylic acids is 2. The minimum atomic E-state index is -0.284. The minimum Gasteiger partial charge on any atom is -0.324 e. The summed E-state index contributed by atoms with van der Waals surface area (Å²) in [7, 11) is 0. The van der Waals surface area contributed by atoms with Crippen LogP contribution in [-0.4, -0.2) is 11.8 Å². The lowest BCUT2D eigenvalue weighted by atomic mass is 10.0. The Balaban J connectivity index is 1.38. The Morgan fingerprint density at radius 3 is 2.54 bits per heavy atom. The molecule has 0 spiro atoms. The molecule has 0 heterocycles. The summed E-state index contributed by atoms with van der Waals surface area (Å²) in [6, 6.07) is 13.6. The summed E-state index contributed by atoms with van der Waals surface area (Å²) in [4.78, 5) is 25.0. The number of hydrogen-bond acceptors (Lipinski definition) is 2. The standard InChI is InChI=1S/C23H23FN2O2/c24-17-9-5-8-16(13-17)18-14-19(18)23(28)26-21-11-4-3-10-20(21)25-22(27)12-15-6-1-2-7-15/h1,3-6,8-11,13,15,18-19H,2,7,12,14H2,(H,25,27)(H,26,28). The number of halogens is 1. The first-order valence-electron chi connectivity index (χ1n) is 9.72. The maximum atomic E-state index is 13.4. The summed E-state index contributed by atoms with van der Waals surface area (Å²) in [5, 5.41) is 5.84. The molecule has 5 heteroatoms. The van der Waals surface area contributed by atoms with E-state index >= 15 is 0 Å². The lowest BCUT2D eigenvalue weighted by Crippen LogP contribution is -2.19. The van der Waals surface area contributed by atoms with Crippen LogP contribution in [0.4, 0.5) is 15.8 Å². The van der Waals surface area contributed by atoms with Crippen molar-refractivity contribution in [2.75, 3.05) is 10.6 Å². The predicted octanol–water partition coefficient (Wildman–Crippen LogP) is 4.86. The number of amides is 2. The molecule has 0 saturated heterocycles. The Bertz CT molecular complexity index is 924. The molecule has 2 aromatic carbocycles. The van der Waals surface area contributed by atoms with Crippen LogP contribution in [0.3, 0.4) is 0 Å². The van der Waals surface area contributed by atoms with E-state index in [4.69, 9.17) is 0 Å². The van der Waals surface area contributed by atoms with Gasteiger partial charge in [-0.25, -0.2) is 4.39 Å². The lowest BCUT2D eigenvalue weighted by molar-refractivity contribution is -0.118. The molecule has 3 unspecified atom stereocenters. The van der Waals surface area contributed by atoms with Gasteiger partial charge in [0.1, 0.15) is 5.82 Å². The summed E-state index contributed by atoms with van der Waals surface area (Å²) in [5.74, 6) is -0.272. The first-order chi connectivity index (χ1) is 13.6. The van der Waals surface area contributed by atoms with Crippen molar-refractivity contribution in [3.63, 3.8) is 0 Å². The quantitative estimate of drug-likeness (QED) is 0.705. The van der Waals surface area contributed by atoms with Crippen molar-refractivity contribution in [3.05, 3.63) is 72.1 Å². The monoisotopic (exact) mass is 378 g/mol. The minimum absolute atomic E-state index is 0.0478. The van der Waals surface area contributed by atoms with Crippen LogP contribution in [0.1, 0.15) is 37.2 Å². The molecule has 2 aliphatic carbocycles. The van der Waals surface area contributed by atoms with Crippen molar-refractivity contribution in [2.24, 2.45) is 11.8 Å². The van der Waals surface area contributed by atoms with E-state index < -0.39 is 0 Å². The van der Waals surface area contributed by atoms with Crippen LogP contribution < -0.4 is 10.6 Å². The van der Waals surface area contributed by atoms with Crippen LogP contribution >= 0.6 is 0 Å². The predicted molar refractivity (Wildman–Crippen MR) is 107 cm³/mol. The Kier molecular flexibility index (Phi) is 5.24. The van der Waals surface area contributed by atoms with Crippen molar-refractivity contribution in [1.29, 1.82) is 0 Å². The first kappa shape index (κ1) is 18.4. The average Bonchev–Trinajstić information content (AvgIpc) is 3.33. The topological polar surface area (TPSA) is 58.2 Å². The average molecular weight is 378 g/mol. The largest absolute Gasteiger partial charge is 0.324 e. The van der Waals surface area contributed by atoms with Gasteiger partial charge in [-0.05, 0) is 60.9 Å². The van der Waals surface area contributed by atoms with E-state index in [0.29, 0.717) is 30.1 Å². The fourth-order valence-corrected chi connectivity index (χ4v) is 3.82. The third-order valence-electron chi connectivity index (χ3n) is 5.42. The third kappa shape index (κ3) is 4.30. The molecule has 0 aliphatic heterocycles. The number of carbonyl (C=O) groups is 2. The van der Waals surface area contributed by atoms with Crippen LogP contribution in [0.15, 0.2) is 60.7 Å². The molecule has 0 bridgehead atoms. The molecule has 3 atom stereocenters. The second-order valence-electron chi connectivity index (χ2n) is 7.56. The molecule has 1 saturated carbocycles. The van der Waals surface area contributed by atoms with E-state index in [1.54, 1.807) is 18.2 Å². The van der Waals surface area contributed by atoms with Gasteiger partial charge in [-0.3, -0.25) is 9.59 Å². The maximum absolute atomic E-state index is 13.4. The van der Waals surface area contributed by atoms with Crippen molar-refractivity contribution >= 4 is 23.2 Å². The number of anilines is 2. The molecule has 2 amide bonds. The van der Waals surface area contributed by atoms with Gasteiger partial charge in [0, 0.05) is 12.3 Å². The number of benzene rings is 2. The molecule has 28 heavy (non-hydrogen) atoms. The van der Waals surface area contributed by atoms with Crippen molar-refractivity contribution in [1.82, 2.24) is 0 Å². The van der Waals surface area contributed by atoms with Crippen LogP contribution in [0, 0.1) is 17.7 Å². The van der Waals surface area contributed by atoms with Gasteiger partial charge in [0.25, 0.3) is 0 Å². The molecule has 0 aromatic heterocycles. The van der Waals surface area contributed by atoms with Gasteiger partial charge in [-0.2, -0.15) is 0 Å². The second kappa shape index (κ2) is 7.97. The smallest absolute Gasteiger partial charge is 0.228 e. The normalized spacial score (nSPS) is 22.7. The Labute approximate surface area is 163 Å². The second-order valence-corrected chi connectivity index (χ2v) is 7.56. The van der Waals surface area contributed by atoms with Crippen molar-refractivity contribution in [2.45, 2.75) is 31.6 Å². The van der Waals surface area contributed by atoms with Gasteiger partial charge >= 0.3 is 0 Å². The molecule has 2 N–H and O–H groups in total. The molecule has 0 radical (unpaired) electrons. The van der Waals surface area contributed by atoms with Gasteiger partial charge in [-0.1, -0.05) is 36.4 Å². The number of nitrogens with one attached hydrogen (secondary N) is 2. The summed E-state index contributed by atoms with van der Waals surface area (Å²) < 4.78 is 13.4. The van der Waals surface area contributed by atoms with E-state index in [1.807, 2.05) is 18.2 Å². The summed E-state index contributed by atoms with van der Waals surface area (Å²) >= 11 is 0. The SMILES string of the molecule is O=C(CC1C=CCC1)Nc1ccccc1NC(=O)C1CC1c1cccc(F)c1. The fraction of sp³-hybridized carbons (Fsp3) is 0.304. The van der Waals surface area contributed by atoms with E-state index in [-0.39, 0.29) is 29.5 Å². The molecular weight excluding hydrogens is 355 g/mol. The summed E-state index contributed by atoms with van der Waals surface area (Å²) in [6.45, 7) is 0. The van der Waals surface area contributed by atoms with Gasteiger partial charge in [-0.15, -0.1) is 0 Å². The molecule has 2 aromatic rings. The zero-order valence-electron chi connectivity index (χ0n) is 15.5. The van der Waals surface area contributed by atoms with Gasteiger partial charge < -0.3 is 10.6 Å². The molecule has 4 rings (SSSR count). The number of rotatable bonds is 6. The molecule has 4 nitrogen and oxygen atoms in total. The highest BCUT2D eigenvalue weighted by molar-refractivity contribution is 6.01. The zero-order chi connectivity index (χ0) is 19.5. The number of hydrogen-bond donors (Lipinski definition) is 2. The number of para-hydroxylation sites is 2. The highest BCUT2D eigenvalue weighted by Crippen LogP contribution is 2.48. The van der Waals surface area contributed by atoms with E-state index in [1.165, 1.54) is 12.1 Å². The molecule has 2 aliphatic rings. The molecule has 1 fully saturated rings. The van der Waals surface area contributed by atoms with Crippen LogP contribution in [0.5, 0.6) is 0 Å². The van der Waals surface area contributed by atoms with Gasteiger partial charge in [0.2, 0.25) is 11.8 Å². The van der Waals surface area contributed by atoms with E-state index in [0.717, 1.165) is 18.4 Å². The maximum Gasteiger partial charge on any atom is 0.228 e. The molecule has 144 valence electrons. The summed E-state index contributed by atoms with van der Waals surface area (Å²) in [5.41, 5.74) is 2.05. The zero-order valence-corrected chi connectivity index (χ0v) is 15.5. The van der Waals surface area contributed by atoms with Crippen LogP contribution in [0.2, 0.25) is 0 Å². The van der Waals surface area contributed by atoms with Crippen molar-refractivity contribution in [3.8, 4) is 0 Å². The van der Waals surface area contributed by atoms with Gasteiger partial charge in [0.05, 0.1) is 11.4 Å². The van der Waals surface area contributed by atoms with E-state index in [9.17, 15) is 14.0 Å². The fourth-order valence-electron chi connectivity index (χ4n) is 3.82. The van der Waals surface area contributed by atoms with E-state index in [2.05, 4.69) is 22.8 Å². The molecular formula is C23H23FN2O2. The lowest BCUT2D eigenvalue weighted by Gasteiger charge is -2.13. The highest BCUT2D eigenvalue weighted by atomic mass is 19.1. The van der Waals surface area contributed by atoms with Crippen LogP contribution in [-0.2, 0) is 9.59 Å². The Morgan fingerprint density at radius 1 is 1.04 bits per heavy atom. The first-order valence-corrected chi connectivity index (χ1v) is 9.72. The highest BCUT2D eigenvalue weighted by Gasteiger charge is 2.44. The number of allylic oxidation sites excluding steroid dienone is 2. The van der Waals surface area contributed by atoms with Gasteiger partial charge in [0.15, 0.2) is 0 Å².